The number of allylic oxidation sites excluding steroid dienone is 1. The average molecular weight is 256 g/mol. The quantitative estimate of drug-likeness (QED) is 0.630. The summed E-state index contributed by atoms with van der Waals surface area (Å²) in [4.78, 5) is 11.3. The van der Waals surface area contributed by atoms with Crippen molar-refractivity contribution < 1.29 is 14.6 Å². The number of hydrogen-bond donors (Lipinski definition) is 1. The molecule has 0 saturated carbocycles. The van der Waals surface area contributed by atoms with Gasteiger partial charge < -0.3 is 9.84 Å². The van der Waals surface area contributed by atoms with Crippen LogP contribution in [0, 0.1) is 0 Å². The zero-order valence-electron chi connectivity index (χ0n) is 10.6. The summed E-state index contributed by atoms with van der Waals surface area (Å²) in [5.41, 5.74) is 0.206. The van der Waals surface area contributed by atoms with Gasteiger partial charge in [-0.15, -0.1) is 6.58 Å². The Hall–Kier alpha value is -2.29. The lowest BCUT2D eigenvalue weighted by Gasteiger charge is -2.10. The van der Waals surface area contributed by atoms with E-state index in [4.69, 9.17) is 4.74 Å². The second kappa shape index (κ2) is 6.05. The Morgan fingerprint density at radius 1 is 1.26 bits per heavy atom. The predicted octanol–water partition coefficient (Wildman–Crippen LogP) is 3.88. The van der Waals surface area contributed by atoms with Crippen LogP contribution in [0.15, 0.2) is 49.1 Å². The highest BCUT2D eigenvalue weighted by Crippen LogP contribution is 2.26. The van der Waals surface area contributed by atoms with Crippen LogP contribution in [0.2, 0.25) is 0 Å². The number of rotatable bonds is 6. The van der Waals surface area contributed by atoms with Crippen molar-refractivity contribution in [3.05, 3.63) is 54.6 Å². The van der Waals surface area contributed by atoms with Gasteiger partial charge in [0, 0.05) is 0 Å². The van der Waals surface area contributed by atoms with E-state index in [1.54, 1.807) is 12.1 Å². The number of hydrogen-bond acceptors (Lipinski definition) is 2. The molecule has 0 radical (unpaired) electrons. The summed E-state index contributed by atoms with van der Waals surface area (Å²) >= 11 is 0. The van der Waals surface area contributed by atoms with Gasteiger partial charge in [-0.2, -0.15) is 0 Å². The fourth-order valence-corrected chi connectivity index (χ4v) is 1.92. The Bertz CT molecular complexity index is 602. The second-order valence-electron chi connectivity index (χ2n) is 4.28. The molecule has 0 saturated heterocycles. The number of carboxylic acids is 1. The molecule has 0 aliphatic carbocycles. The molecule has 2 aromatic rings. The van der Waals surface area contributed by atoms with E-state index in [1.165, 1.54) is 0 Å². The molecule has 3 nitrogen and oxygen atoms in total. The number of aromatic carboxylic acids is 1. The van der Waals surface area contributed by atoms with Gasteiger partial charge in [-0.3, -0.25) is 0 Å². The summed E-state index contributed by atoms with van der Waals surface area (Å²) in [7, 11) is 0. The maximum absolute atomic E-state index is 11.3. The molecule has 0 aromatic heterocycles. The minimum Gasteiger partial charge on any atom is -0.493 e. The summed E-state index contributed by atoms with van der Waals surface area (Å²) in [5.74, 6) is -0.542. The lowest BCUT2D eigenvalue weighted by atomic mass is 10.1. The Balaban J connectivity index is 2.31. The van der Waals surface area contributed by atoms with Gasteiger partial charge in [0.2, 0.25) is 0 Å². The van der Waals surface area contributed by atoms with Crippen LogP contribution in [0.1, 0.15) is 23.2 Å². The van der Waals surface area contributed by atoms with Gasteiger partial charge in [-0.05, 0) is 35.7 Å². The minimum atomic E-state index is -0.968. The number of carbonyl (C=O) groups is 1. The lowest BCUT2D eigenvalue weighted by molar-refractivity contribution is 0.0692. The predicted molar refractivity (Wildman–Crippen MR) is 75.8 cm³/mol. The monoisotopic (exact) mass is 256 g/mol. The van der Waals surface area contributed by atoms with Crippen molar-refractivity contribution in [1.82, 2.24) is 0 Å². The number of unbranched alkanes of at least 4 members (excludes halogenated alkanes) is 1. The van der Waals surface area contributed by atoms with Crippen LogP contribution < -0.4 is 4.74 Å². The highest BCUT2D eigenvalue weighted by molar-refractivity contribution is 5.97. The highest BCUT2D eigenvalue weighted by Gasteiger charge is 2.12. The molecule has 0 amide bonds. The number of benzene rings is 2. The van der Waals surface area contributed by atoms with E-state index < -0.39 is 5.97 Å². The Kier molecular flexibility index (Phi) is 4.18. The molecular formula is C16H16O3. The molecule has 0 atom stereocenters. The van der Waals surface area contributed by atoms with E-state index in [1.807, 2.05) is 30.3 Å². The minimum absolute atomic E-state index is 0.206. The maximum atomic E-state index is 11.3. The van der Waals surface area contributed by atoms with Gasteiger partial charge in [0.25, 0.3) is 0 Å². The molecule has 2 rings (SSSR count). The van der Waals surface area contributed by atoms with Gasteiger partial charge in [0.05, 0.1) is 6.61 Å². The summed E-state index contributed by atoms with van der Waals surface area (Å²) in [6, 6.07) is 11.1. The molecular weight excluding hydrogens is 240 g/mol. The molecule has 0 bridgehead atoms. The molecule has 98 valence electrons. The first-order chi connectivity index (χ1) is 9.22. The van der Waals surface area contributed by atoms with Crippen molar-refractivity contribution in [2.24, 2.45) is 0 Å². The van der Waals surface area contributed by atoms with Crippen LogP contribution in [0.25, 0.3) is 10.8 Å². The molecule has 0 heterocycles. The van der Waals surface area contributed by atoms with Crippen molar-refractivity contribution >= 4 is 16.7 Å². The largest absolute Gasteiger partial charge is 0.493 e. The van der Waals surface area contributed by atoms with E-state index in [9.17, 15) is 9.90 Å². The van der Waals surface area contributed by atoms with E-state index in [0.717, 1.165) is 23.6 Å². The fraction of sp³-hybridized carbons (Fsp3) is 0.188. The standard InChI is InChI=1S/C16H16O3/c1-2-3-6-9-19-15-11-13-8-5-4-7-12(13)10-14(15)16(17)18/h2,4-5,7-8,10-11H,1,3,6,9H2,(H,17,18). The lowest BCUT2D eigenvalue weighted by Crippen LogP contribution is -2.04. The fourth-order valence-electron chi connectivity index (χ4n) is 1.92. The molecule has 19 heavy (non-hydrogen) atoms. The first-order valence-corrected chi connectivity index (χ1v) is 6.22. The first-order valence-electron chi connectivity index (χ1n) is 6.22. The number of carboxylic acid groups (broad SMARTS) is 1. The van der Waals surface area contributed by atoms with E-state index >= 15 is 0 Å². The van der Waals surface area contributed by atoms with Gasteiger partial charge >= 0.3 is 5.97 Å². The molecule has 2 aromatic carbocycles. The molecule has 1 N–H and O–H groups in total. The summed E-state index contributed by atoms with van der Waals surface area (Å²) in [6.07, 6.45) is 3.51. The Morgan fingerprint density at radius 3 is 2.58 bits per heavy atom. The summed E-state index contributed by atoms with van der Waals surface area (Å²) in [6.45, 7) is 4.13. The number of fused-ring (bicyclic) bond motifs is 1. The molecule has 3 heteroatoms. The van der Waals surface area contributed by atoms with Crippen molar-refractivity contribution in [3.63, 3.8) is 0 Å². The third kappa shape index (κ3) is 3.13. The van der Waals surface area contributed by atoms with Gasteiger partial charge in [0.15, 0.2) is 0 Å². The Morgan fingerprint density at radius 2 is 1.95 bits per heavy atom. The third-order valence-corrected chi connectivity index (χ3v) is 2.89. The smallest absolute Gasteiger partial charge is 0.339 e. The number of ether oxygens (including phenoxy) is 1. The van der Waals surface area contributed by atoms with Gasteiger partial charge in [-0.25, -0.2) is 4.79 Å². The zero-order valence-corrected chi connectivity index (χ0v) is 10.6. The van der Waals surface area contributed by atoms with Crippen LogP contribution in [0.4, 0.5) is 0 Å². The van der Waals surface area contributed by atoms with Crippen LogP contribution in [-0.2, 0) is 0 Å². The topological polar surface area (TPSA) is 46.5 Å². The maximum Gasteiger partial charge on any atom is 0.339 e. The summed E-state index contributed by atoms with van der Waals surface area (Å²) < 4.78 is 5.58. The SMILES string of the molecule is C=CCCCOc1cc2ccccc2cc1C(=O)O. The van der Waals surface area contributed by atoms with Crippen molar-refractivity contribution in [3.8, 4) is 5.75 Å². The average Bonchev–Trinajstić information content (AvgIpc) is 2.42. The normalized spacial score (nSPS) is 10.3. The third-order valence-electron chi connectivity index (χ3n) is 2.89. The summed E-state index contributed by atoms with van der Waals surface area (Å²) in [5, 5.41) is 11.1. The van der Waals surface area contributed by atoms with Crippen molar-refractivity contribution in [2.75, 3.05) is 6.61 Å². The molecule has 0 unspecified atom stereocenters. The van der Waals surface area contributed by atoms with Gasteiger partial charge in [-0.1, -0.05) is 30.3 Å². The molecule has 0 spiro atoms. The van der Waals surface area contributed by atoms with E-state index in [2.05, 4.69) is 6.58 Å². The van der Waals surface area contributed by atoms with Crippen molar-refractivity contribution in [1.29, 1.82) is 0 Å². The molecule has 0 fully saturated rings. The first kappa shape index (κ1) is 13.1. The van der Waals surface area contributed by atoms with Crippen LogP contribution >= 0.6 is 0 Å². The van der Waals surface area contributed by atoms with Crippen LogP contribution in [0.3, 0.4) is 0 Å². The van der Waals surface area contributed by atoms with Crippen molar-refractivity contribution in [2.45, 2.75) is 12.8 Å². The zero-order chi connectivity index (χ0) is 13.7. The van der Waals surface area contributed by atoms with E-state index in [0.29, 0.717) is 12.4 Å². The molecule has 0 aliphatic rings. The molecule has 0 aliphatic heterocycles. The highest BCUT2D eigenvalue weighted by atomic mass is 16.5. The van der Waals surface area contributed by atoms with Crippen LogP contribution in [-0.4, -0.2) is 17.7 Å². The Labute approximate surface area is 112 Å². The van der Waals surface area contributed by atoms with E-state index in [-0.39, 0.29) is 5.56 Å². The van der Waals surface area contributed by atoms with Gasteiger partial charge in [0.1, 0.15) is 11.3 Å². The second-order valence-corrected chi connectivity index (χ2v) is 4.28. The van der Waals surface area contributed by atoms with Crippen LogP contribution in [0.5, 0.6) is 5.75 Å².